The second-order valence-electron chi connectivity index (χ2n) is 7.86. The Hall–Kier alpha value is -2.70. The van der Waals surface area contributed by atoms with Gasteiger partial charge in [0.1, 0.15) is 11.7 Å². The van der Waals surface area contributed by atoms with E-state index in [0.29, 0.717) is 18.0 Å². The van der Waals surface area contributed by atoms with Gasteiger partial charge in [-0.3, -0.25) is 14.5 Å². The minimum Gasteiger partial charge on any atom is -0.467 e. The van der Waals surface area contributed by atoms with E-state index in [1.807, 2.05) is 49.4 Å². The Morgan fingerprint density at radius 3 is 2.41 bits per heavy atom. The summed E-state index contributed by atoms with van der Waals surface area (Å²) in [6, 6.07) is 13.3. The lowest BCUT2D eigenvalue weighted by Crippen LogP contribution is -2.53. The number of piperazine rings is 1. The van der Waals surface area contributed by atoms with Crippen molar-refractivity contribution in [3.05, 3.63) is 71.8 Å². The third-order valence-electron chi connectivity index (χ3n) is 5.90. The largest absolute Gasteiger partial charge is 0.467 e. The number of amides is 1. The van der Waals surface area contributed by atoms with Gasteiger partial charge in [-0.25, -0.2) is 0 Å². The number of rotatable bonds is 5. The molecule has 0 radical (unpaired) electrons. The van der Waals surface area contributed by atoms with Gasteiger partial charge in [0.2, 0.25) is 5.91 Å². The Balaban J connectivity index is 1.69. The van der Waals surface area contributed by atoms with Gasteiger partial charge in [-0.1, -0.05) is 30.3 Å². The fourth-order valence-corrected chi connectivity index (χ4v) is 4.25. The summed E-state index contributed by atoms with van der Waals surface area (Å²) < 4.78 is 5.45. The number of ketones is 1. The third-order valence-corrected chi connectivity index (χ3v) is 5.90. The molecule has 2 atom stereocenters. The summed E-state index contributed by atoms with van der Waals surface area (Å²) in [5, 5.41) is 0. The summed E-state index contributed by atoms with van der Waals surface area (Å²) >= 11 is 0. The zero-order valence-electron chi connectivity index (χ0n) is 17.0. The van der Waals surface area contributed by atoms with Crippen molar-refractivity contribution in [2.75, 3.05) is 33.2 Å². The summed E-state index contributed by atoms with van der Waals surface area (Å²) in [7, 11) is 2.10. The zero-order chi connectivity index (χ0) is 20.4. The number of hydrogen-bond donors (Lipinski definition) is 0. The van der Waals surface area contributed by atoms with Crippen molar-refractivity contribution in [1.82, 2.24) is 14.7 Å². The van der Waals surface area contributed by atoms with Crippen LogP contribution in [-0.4, -0.2) is 59.6 Å². The van der Waals surface area contributed by atoms with E-state index in [0.717, 1.165) is 31.7 Å². The van der Waals surface area contributed by atoms with E-state index >= 15 is 0 Å². The number of benzene rings is 1. The first-order chi connectivity index (χ1) is 14.0. The predicted octanol–water partition coefficient (Wildman–Crippen LogP) is 2.70. The monoisotopic (exact) mass is 393 g/mol. The van der Waals surface area contributed by atoms with Gasteiger partial charge in [0, 0.05) is 38.0 Å². The van der Waals surface area contributed by atoms with Gasteiger partial charge < -0.3 is 14.2 Å². The maximum absolute atomic E-state index is 13.6. The molecule has 2 aliphatic rings. The normalized spacial score (nSPS) is 22.6. The van der Waals surface area contributed by atoms with Crippen LogP contribution in [0.2, 0.25) is 0 Å². The molecule has 0 spiro atoms. The highest BCUT2D eigenvalue weighted by Gasteiger charge is 2.44. The first-order valence-electron chi connectivity index (χ1n) is 10.1. The highest BCUT2D eigenvalue weighted by atomic mass is 16.3. The molecular formula is C23H27N3O3. The van der Waals surface area contributed by atoms with Crippen LogP contribution in [0.3, 0.4) is 0 Å². The van der Waals surface area contributed by atoms with Crippen LogP contribution in [0, 0.1) is 5.92 Å². The minimum absolute atomic E-state index is 0.115. The maximum Gasteiger partial charge on any atom is 0.240 e. The SMILES string of the molecule is CC1=CC(=O)C(C(c2ccccc2)N2CCN(C)CC2)C(=O)N1Cc1ccco1. The molecule has 1 saturated heterocycles. The van der Waals surface area contributed by atoms with Gasteiger partial charge in [-0.05, 0) is 31.7 Å². The van der Waals surface area contributed by atoms with Gasteiger partial charge >= 0.3 is 0 Å². The molecule has 6 heteroatoms. The first kappa shape index (κ1) is 19.6. The Kier molecular flexibility index (Phi) is 5.65. The van der Waals surface area contributed by atoms with Crippen LogP contribution < -0.4 is 0 Å². The quantitative estimate of drug-likeness (QED) is 0.731. The van der Waals surface area contributed by atoms with Crippen LogP contribution in [0.5, 0.6) is 0 Å². The standard InChI is InChI=1S/C23H27N3O3/c1-17-15-20(27)21(23(28)26(17)16-19-9-6-14-29-19)22(18-7-4-3-5-8-18)25-12-10-24(2)11-13-25/h3-9,14-15,21-22H,10-13,16H2,1-2H3. The van der Waals surface area contributed by atoms with Gasteiger partial charge in [-0.15, -0.1) is 0 Å². The van der Waals surface area contributed by atoms with Gasteiger partial charge in [0.15, 0.2) is 5.78 Å². The topological polar surface area (TPSA) is 57.0 Å². The second-order valence-corrected chi connectivity index (χ2v) is 7.86. The molecule has 3 heterocycles. The fraction of sp³-hybridized carbons (Fsp3) is 0.391. The van der Waals surface area contributed by atoms with Crippen molar-refractivity contribution in [3.8, 4) is 0 Å². The van der Waals surface area contributed by atoms with Gasteiger partial charge in [-0.2, -0.15) is 0 Å². The Labute approximate surface area is 171 Å². The molecule has 2 unspecified atom stereocenters. The summed E-state index contributed by atoms with van der Waals surface area (Å²) in [5.41, 5.74) is 1.67. The molecule has 6 nitrogen and oxygen atoms in total. The summed E-state index contributed by atoms with van der Waals surface area (Å²) in [6.45, 7) is 5.64. The van der Waals surface area contributed by atoms with Crippen molar-refractivity contribution < 1.29 is 14.0 Å². The highest BCUT2D eigenvalue weighted by Crippen LogP contribution is 2.35. The smallest absolute Gasteiger partial charge is 0.240 e. The summed E-state index contributed by atoms with van der Waals surface area (Å²) in [6.07, 6.45) is 3.21. The van der Waals surface area contributed by atoms with E-state index in [4.69, 9.17) is 4.42 Å². The van der Waals surface area contributed by atoms with Crippen molar-refractivity contribution in [3.63, 3.8) is 0 Å². The number of likely N-dealkylation sites (N-methyl/N-ethyl adjacent to an activating group) is 1. The molecule has 0 N–H and O–H groups in total. The molecule has 2 aliphatic heterocycles. The van der Waals surface area contributed by atoms with E-state index in [9.17, 15) is 9.59 Å². The Morgan fingerprint density at radius 2 is 1.76 bits per heavy atom. The number of hydrogen-bond acceptors (Lipinski definition) is 5. The Morgan fingerprint density at radius 1 is 1.03 bits per heavy atom. The van der Waals surface area contributed by atoms with E-state index in [2.05, 4.69) is 16.8 Å². The van der Waals surface area contributed by atoms with Crippen molar-refractivity contribution >= 4 is 11.7 Å². The number of carbonyl (C=O) groups is 2. The Bertz CT molecular complexity index is 883. The molecular weight excluding hydrogens is 366 g/mol. The second kappa shape index (κ2) is 8.35. The lowest BCUT2D eigenvalue weighted by atomic mass is 9.84. The average molecular weight is 393 g/mol. The number of nitrogens with zero attached hydrogens (tertiary/aromatic N) is 3. The molecule has 0 bridgehead atoms. The number of allylic oxidation sites excluding steroid dienone is 2. The van der Waals surface area contributed by atoms with Crippen LogP contribution in [0.4, 0.5) is 0 Å². The highest BCUT2D eigenvalue weighted by molar-refractivity contribution is 6.10. The van der Waals surface area contributed by atoms with Crippen molar-refractivity contribution in [1.29, 1.82) is 0 Å². The lowest BCUT2D eigenvalue weighted by molar-refractivity contribution is -0.144. The first-order valence-corrected chi connectivity index (χ1v) is 10.1. The van der Waals surface area contributed by atoms with Crippen LogP contribution in [0.25, 0.3) is 0 Å². The average Bonchev–Trinajstić information content (AvgIpc) is 3.23. The van der Waals surface area contributed by atoms with Crippen LogP contribution in [0.1, 0.15) is 24.3 Å². The molecule has 1 amide bonds. The van der Waals surface area contributed by atoms with E-state index in [1.54, 1.807) is 17.2 Å². The molecule has 0 saturated carbocycles. The van der Waals surface area contributed by atoms with Crippen molar-refractivity contribution in [2.24, 2.45) is 5.92 Å². The molecule has 1 fully saturated rings. The van der Waals surface area contributed by atoms with Crippen molar-refractivity contribution in [2.45, 2.75) is 19.5 Å². The molecule has 1 aromatic carbocycles. The van der Waals surface area contributed by atoms with Gasteiger partial charge in [0.05, 0.1) is 18.8 Å². The summed E-state index contributed by atoms with van der Waals surface area (Å²) in [4.78, 5) is 32.9. The molecule has 2 aromatic rings. The fourth-order valence-electron chi connectivity index (χ4n) is 4.25. The zero-order valence-corrected chi connectivity index (χ0v) is 17.0. The van der Waals surface area contributed by atoms with Gasteiger partial charge in [0.25, 0.3) is 0 Å². The third kappa shape index (κ3) is 4.04. The molecule has 4 rings (SSSR count). The number of carbonyl (C=O) groups excluding carboxylic acids is 2. The molecule has 1 aromatic heterocycles. The predicted molar refractivity (Wildman–Crippen MR) is 110 cm³/mol. The molecule has 152 valence electrons. The van der Waals surface area contributed by atoms with E-state index < -0.39 is 5.92 Å². The van der Waals surface area contributed by atoms with Crippen LogP contribution in [0.15, 0.2) is 64.9 Å². The molecule has 0 aliphatic carbocycles. The molecule has 29 heavy (non-hydrogen) atoms. The van der Waals surface area contributed by atoms with E-state index in [1.165, 1.54) is 0 Å². The van der Waals surface area contributed by atoms with Crippen LogP contribution in [-0.2, 0) is 16.1 Å². The minimum atomic E-state index is -0.750. The lowest BCUT2D eigenvalue weighted by Gasteiger charge is -2.42. The number of furan rings is 1. The summed E-state index contributed by atoms with van der Waals surface area (Å²) in [5.74, 6) is -0.315. The maximum atomic E-state index is 13.6. The van der Waals surface area contributed by atoms with E-state index in [-0.39, 0.29) is 17.7 Å². The van der Waals surface area contributed by atoms with Crippen LogP contribution >= 0.6 is 0 Å².